The molecule has 2 N–H and O–H groups in total. The van der Waals surface area contributed by atoms with Crippen LogP contribution in [0.1, 0.15) is 40.5 Å². The molecule has 13 heteroatoms. The molecule has 1 fully saturated rings. The number of hydrogen-bond acceptors (Lipinski definition) is 4. The number of halogens is 5. The summed E-state index contributed by atoms with van der Waals surface area (Å²) in [5, 5.41) is 4.54. The minimum atomic E-state index is -6.10. The van der Waals surface area contributed by atoms with Crippen molar-refractivity contribution in [1.29, 1.82) is 0 Å². The lowest BCUT2D eigenvalue weighted by molar-refractivity contribution is -0.270. The zero-order valence-electron chi connectivity index (χ0n) is 19.4. The summed E-state index contributed by atoms with van der Waals surface area (Å²) in [6.07, 6.45) is -5.61. The zero-order chi connectivity index (χ0) is 25.9. The standard InChI is InChI=1S/C20H31F5N4O4/c1-10(2)13(15(30)19(21,22)20(23,24)25)26-16(31)12-8-7-9-29(12)17(32)14(11(3)4)27-18(33)28(5)6/h10-14H,7-9H2,1-6H3,(H,26,31)(H,27,33)/t12-,13-,14-/m0/s1. The van der Waals surface area contributed by atoms with Crippen LogP contribution < -0.4 is 10.6 Å². The summed E-state index contributed by atoms with van der Waals surface area (Å²) in [4.78, 5) is 52.3. The van der Waals surface area contributed by atoms with Gasteiger partial charge in [0.05, 0.1) is 6.04 Å². The van der Waals surface area contributed by atoms with Crippen molar-refractivity contribution in [1.82, 2.24) is 20.4 Å². The van der Waals surface area contributed by atoms with Crippen LogP contribution in [0.3, 0.4) is 0 Å². The van der Waals surface area contributed by atoms with E-state index in [1.807, 2.05) is 5.32 Å². The van der Waals surface area contributed by atoms with Gasteiger partial charge >= 0.3 is 18.1 Å². The Balaban J connectivity index is 3.09. The maximum absolute atomic E-state index is 13.6. The van der Waals surface area contributed by atoms with Gasteiger partial charge in [-0.2, -0.15) is 22.0 Å². The molecule has 0 aliphatic carbocycles. The Morgan fingerprint density at radius 2 is 1.42 bits per heavy atom. The number of Topliss-reactive ketones (excluding diaryl/α,β-unsaturated/α-hetero) is 1. The second-order valence-electron chi connectivity index (χ2n) is 8.92. The Morgan fingerprint density at radius 3 is 1.85 bits per heavy atom. The average Bonchev–Trinajstić information content (AvgIpc) is 3.17. The van der Waals surface area contributed by atoms with Crippen molar-refractivity contribution in [2.75, 3.05) is 20.6 Å². The SMILES string of the molecule is CC(C)[C@H](NC(=O)N(C)C)C(=O)N1CCC[C@H]1C(=O)N[C@H](C(=O)C(F)(F)C(F)(F)F)C(C)C. The van der Waals surface area contributed by atoms with Crippen LogP contribution in [0.15, 0.2) is 0 Å². The highest BCUT2D eigenvalue weighted by molar-refractivity contribution is 5.97. The smallest absolute Gasteiger partial charge is 0.344 e. The molecule has 0 spiro atoms. The lowest BCUT2D eigenvalue weighted by atomic mass is 9.95. The monoisotopic (exact) mass is 486 g/mol. The van der Waals surface area contributed by atoms with E-state index in [9.17, 15) is 41.1 Å². The molecule has 0 aromatic carbocycles. The van der Waals surface area contributed by atoms with Crippen molar-refractivity contribution in [2.24, 2.45) is 11.8 Å². The number of urea groups is 1. The van der Waals surface area contributed by atoms with Crippen LogP contribution in [0.25, 0.3) is 0 Å². The quantitative estimate of drug-likeness (QED) is 0.514. The molecule has 0 bridgehead atoms. The van der Waals surface area contributed by atoms with E-state index in [1.54, 1.807) is 13.8 Å². The number of amides is 4. The van der Waals surface area contributed by atoms with Gasteiger partial charge in [-0.3, -0.25) is 14.4 Å². The molecule has 33 heavy (non-hydrogen) atoms. The summed E-state index contributed by atoms with van der Waals surface area (Å²) in [7, 11) is 2.95. The molecule has 1 saturated heterocycles. The molecule has 3 atom stereocenters. The molecular weight excluding hydrogens is 455 g/mol. The fourth-order valence-electron chi connectivity index (χ4n) is 3.38. The molecule has 4 amide bonds. The molecule has 1 rings (SSSR count). The van der Waals surface area contributed by atoms with Crippen molar-refractivity contribution in [2.45, 2.75) is 70.8 Å². The fourth-order valence-corrected chi connectivity index (χ4v) is 3.38. The number of ketones is 1. The molecular formula is C20H31F5N4O4. The lowest BCUT2D eigenvalue weighted by Crippen LogP contribution is -2.60. The minimum absolute atomic E-state index is 0.122. The molecule has 1 aliphatic rings. The molecule has 1 heterocycles. The summed E-state index contributed by atoms with van der Waals surface area (Å²) >= 11 is 0. The average molecular weight is 486 g/mol. The summed E-state index contributed by atoms with van der Waals surface area (Å²) < 4.78 is 65.2. The van der Waals surface area contributed by atoms with E-state index in [0.29, 0.717) is 6.42 Å². The van der Waals surface area contributed by atoms with E-state index >= 15 is 0 Å². The first-order valence-corrected chi connectivity index (χ1v) is 10.5. The third kappa shape index (κ3) is 6.53. The van der Waals surface area contributed by atoms with Crippen molar-refractivity contribution < 1.29 is 41.1 Å². The van der Waals surface area contributed by atoms with Gasteiger partial charge in [-0.1, -0.05) is 27.7 Å². The first-order valence-electron chi connectivity index (χ1n) is 10.5. The maximum Gasteiger partial charge on any atom is 0.461 e. The molecule has 0 aromatic rings. The Labute approximate surface area is 189 Å². The fraction of sp³-hybridized carbons (Fsp3) is 0.800. The zero-order valence-corrected chi connectivity index (χ0v) is 19.4. The predicted molar refractivity (Wildman–Crippen MR) is 108 cm³/mol. The third-order valence-corrected chi connectivity index (χ3v) is 5.37. The van der Waals surface area contributed by atoms with E-state index in [4.69, 9.17) is 0 Å². The number of carbonyl (C=O) groups is 4. The van der Waals surface area contributed by atoms with Crippen LogP contribution in [-0.2, 0) is 14.4 Å². The summed E-state index contributed by atoms with van der Waals surface area (Å²) in [6, 6.07) is -4.82. The van der Waals surface area contributed by atoms with Gasteiger partial charge in [0.2, 0.25) is 17.6 Å². The first-order chi connectivity index (χ1) is 14.9. The molecule has 1 aliphatic heterocycles. The van der Waals surface area contributed by atoms with Gasteiger partial charge in [0.25, 0.3) is 0 Å². The van der Waals surface area contributed by atoms with E-state index in [2.05, 4.69) is 5.32 Å². The minimum Gasteiger partial charge on any atom is -0.344 e. The topological polar surface area (TPSA) is 98.8 Å². The predicted octanol–water partition coefficient (Wildman–Crippen LogP) is 2.18. The van der Waals surface area contributed by atoms with Crippen LogP contribution >= 0.6 is 0 Å². The van der Waals surface area contributed by atoms with Crippen LogP contribution in [0.4, 0.5) is 26.7 Å². The Hall–Kier alpha value is -2.47. The molecule has 0 saturated carbocycles. The van der Waals surface area contributed by atoms with Gasteiger partial charge in [0, 0.05) is 20.6 Å². The Bertz CT molecular complexity index is 755. The Kier molecular flexibility index (Phi) is 9.21. The highest BCUT2D eigenvalue weighted by atomic mass is 19.4. The normalized spacial score (nSPS) is 18.8. The number of rotatable bonds is 8. The highest BCUT2D eigenvalue weighted by Gasteiger charge is 2.64. The van der Waals surface area contributed by atoms with Gasteiger partial charge < -0.3 is 20.4 Å². The van der Waals surface area contributed by atoms with Gasteiger partial charge in [0.15, 0.2) is 0 Å². The van der Waals surface area contributed by atoms with Crippen molar-refractivity contribution >= 4 is 23.6 Å². The number of nitrogens with one attached hydrogen (secondary N) is 2. The van der Waals surface area contributed by atoms with Gasteiger partial charge in [-0.15, -0.1) is 0 Å². The molecule has 0 unspecified atom stereocenters. The number of alkyl halides is 5. The second-order valence-corrected chi connectivity index (χ2v) is 8.92. The maximum atomic E-state index is 13.6. The second kappa shape index (κ2) is 10.6. The van der Waals surface area contributed by atoms with Crippen molar-refractivity contribution in [3.05, 3.63) is 0 Å². The summed E-state index contributed by atoms with van der Waals surface area (Å²) in [5.41, 5.74) is 0. The highest BCUT2D eigenvalue weighted by Crippen LogP contribution is 2.37. The van der Waals surface area contributed by atoms with Crippen LogP contribution in [-0.4, -0.2) is 84.3 Å². The van der Waals surface area contributed by atoms with E-state index < -0.39 is 59.8 Å². The largest absolute Gasteiger partial charge is 0.461 e. The first kappa shape index (κ1) is 28.6. The molecule has 8 nitrogen and oxygen atoms in total. The lowest BCUT2D eigenvalue weighted by Gasteiger charge is -2.32. The van der Waals surface area contributed by atoms with Crippen molar-refractivity contribution in [3.63, 3.8) is 0 Å². The van der Waals surface area contributed by atoms with Gasteiger partial charge in [0.1, 0.15) is 12.1 Å². The summed E-state index contributed by atoms with van der Waals surface area (Å²) in [6.45, 7) is 5.92. The van der Waals surface area contributed by atoms with Crippen LogP contribution in [0, 0.1) is 11.8 Å². The van der Waals surface area contributed by atoms with Crippen LogP contribution in [0.5, 0.6) is 0 Å². The van der Waals surface area contributed by atoms with Gasteiger partial charge in [-0.25, -0.2) is 4.79 Å². The number of nitrogens with zero attached hydrogens (tertiary/aromatic N) is 2. The van der Waals surface area contributed by atoms with E-state index in [-0.39, 0.29) is 18.9 Å². The number of carbonyl (C=O) groups excluding carboxylic acids is 4. The molecule has 0 aromatic heterocycles. The number of likely N-dealkylation sites (tertiary alicyclic amines) is 1. The summed E-state index contributed by atoms with van der Waals surface area (Å²) in [5.74, 6) is -11.1. The van der Waals surface area contributed by atoms with E-state index in [1.165, 1.54) is 32.8 Å². The Morgan fingerprint density at radius 1 is 0.909 bits per heavy atom. The molecule has 0 radical (unpaired) electrons. The van der Waals surface area contributed by atoms with E-state index in [0.717, 1.165) is 4.90 Å². The third-order valence-electron chi connectivity index (χ3n) is 5.37. The van der Waals surface area contributed by atoms with Crippen LogP contribution in [0.2, 0.25) is 0 Å². The number of hydrogen-bond donors (Lipinski definition) is 2. The molecule has 190 valence electrons. The van der Waals surface area contributed by atoms with Crippen molar-refractivity contribution in [3.8, 4) is 0 Å². The van der Waals surface area contributed by atoms with Gasteiger partial charge in [-0.05, 0) is 24.7 Å².